The van der Waals surface area contributed by atoms with Crippen molar-refractivity contribution in [3.8, 4) is 11.3 Å². The third-order valence-corrected chi connectivity index (χ3v) is 8.90. The Morgan fingerprint density at radius 1 is 1.26 bits per heavy atom. The fourth-order valence-electron chi connectivity index (χ4n) is 5.86. The number of nitrogens with two attached hydrogens (primary N) is 1. The highest BCUT2D eigenvalue weighted by Gasteiger charge is 2.69. The summed E-state index contributed by atoms with van der Waals surface area (Å²) in [4.78, 5) is 21.6. The second-order valence-corrected chi connectivity index (χ2v) is 10.3. The number of aromatic amines is 2. The Kier molecular flexibility index (Phi) is 4.22. The number of rotatable bonds is 4. The number of fused-ring (bicyclic) bond motifs is 3. The van der Waals surface area contributed by atoms with Gasteiger partial charge in [-0.3, -0.25) is 9.89 Å². The summed E-state index contributed by atoms with van der Waals surface area (Å²) in [7, 11) is 0. The lowest BCUT2D eigenvalue weighted by atomic mass is 10.0. The number of thiazole rings is 1. The molecule has 0 radical (unpaired) electrons. The lowest BCUT2D eigenvalue weighted by Crippen LogP contribution is -2.37. The van der Waals surface area contributed by atoms with Gasteiger partial charge in [0.15, 0.2) is 5.82 Å². The first kappa shape index (κ1) is 20.7. The van der Waals surface area contributed by atoms with Gasteiger partial charge < -0.3 is 26.3 Å². The topological polar surface area (TPSA) is 128 Å². The highest BCUT2D eigenvalue weighted by atomic mass is 32.1. The third kappa shape index (κ3) is 2.79. The van der Waals surface area contributed by atoms with Gasteiger partial charge in [0.25, 0.3) is 5.56 Å². The van der Waals surface area contributed by atoms with Gasteiger partial charge in [-0.15, -0.1) is 11.3 Å². The molecule has 178 valence electrons. The minimum Gasteiger partial charge on any atom is -0.356 e. The molecule has 3 aromatic heterocycles. The zero-order valence-corrected chi connectivity index (χ0v) is 19.7. The molecule has 2 aliphatic heterocycles. The molecular weight excluding hydrogens is 467 g/mol. The number of aromatic nitrogens is 4. The lowest BCUT2D eigenvalue weighted by molar-refractivity contribution is 0.336. The number of piperidine rings is 1. The summed E-state index contributed by atoms with van der Waals surface area (Å²) in [5, 5.41) is 17.9. The van der Waals surface area contributed by atoms with Crippen LogP contribution in [0.5, 0.6) is 0 Å². The molecule has 0 spiro atoms. The van der Waals surface area contributed by atoms with Gasteiger partial charge >= 0.3 is 0 Å². The minimum absolute atomic E-state index is 0.000274. The highest BCUT2D eigenvalue weighted by molar-refractivity contribution is 7.09. The van der Waals surface area contributed by atoms with E-state index in [1.54, 1.807) is 29.5 Å². The normalized spacial score (nSPS) is 24.5. The van der Waals surface area contributed by atoms with Crippen molar-refractivity contribution in [2.24, 2.45) is 17.6 Å². The number of halogens is 1. The first-order valence-corrected chi connectivity index (χ1v) is 12.4. The molecule has 1 saturated carbocycles. The Hall–Kier alpha value is -3.70. The molecule has 7 rings (SSSR count). The number of hydrogen-bond donors (Lipinski definition) is 5. The molecule has 4 aromatic rings. The number of likely N-dealkylation sites (tertiary alicyclic amines) is 1. The summed E-state index contributed by atoms with van der Waals surface area (Å²) in [5.41, 5.74) is 8.41. The van der Waals surface area contributed by atoms with Crippen LogP contribution in [0.1, 0.15) is 10.7 Å². The van der Waals surface area contributed by atoms with Crippen molar-refractivity contribution in [2.45, 2.75) is 12.3 Å². The monoisotopic (exact) mass is 490 g/mol. The average Bonchev–Trinajstić information content (AvgIpc) is 3.35. The van der Waals surface area contributed by atoms with Crippen molar-refractivity contribution in [1.29, 1.82) is 0 Å². The van der Waals surface area contributed by atoms with E-state index in [9.17, 15) is 4.79 Å². The summed E-state index contributed by atoms with van der Waals surface area (Å²) < 4.78 is 15.3. The van der Waals surface area contributed by atoms with Crippen LogP contribution in [0.25, 0.3) is 22.0 Å². The molecule has 6 N–H and O–H groups in total. The molecule has 1 aliphatic carbocycles. The van der Waals surface area contributed by atoms with E-state index in [4.69, 9.17) is 10.7 Å². The molecule has 0 bridgehead atoms. The van der Waals surface area contributed by atoms with Crippen LogP contribution in [0.15, 0.2) is 46.6 Å². The Bertz CT molecular complexity index is 1570. The molecule has 9 nitrogen and oxygen atoms in total. The predicted molar refractivity (Wildman–Crippen MR) is 134 cm³/mol. The van der Waals surface area contributed by atoms with Gasteiger partial charge in [-0.1, -0.05) is 0 Å². The van der Waals surface area contributed by atoms with Gasteiger partial charge in [0.2, 0.25) is 0 Å². The van der Waals surface area contributed by atoms with Crippen LogP contribution in [0.4, 0.5) is 15.9 Å². The van der Waals surface area contributed by atoms with E-state index < -0.39 is 5.82 Å². The molecule has 3 atom stereocenters. The molecule has 0 amide bonds. The Labute approximate surface area is 203 Å². The fourth-order valence-corrected chi connectivity index (χ4v) is 7.00. The SMILES string of the molecule is Cc1csc(C2(CN)[C@@H]3CN(C4=CNc5c(-c6ccc7c(=O)[nH]ccc7c6F)n[nH]c5N4)C[C@@H]32)n1. The summed E-state index contributed by atoms with van der Waals surface area (Å²) >= 11 is 1.72. The smallest absolute Gasteiger partial charge is 0.255 e. The number of aryl methyl sites for hydroxylation is 1. The molecule has 35 heavy (non-hydrogen) atoms. The van der Waals surface area contributed by atoms with Crippen molar-refractivity contribution in [3.63, 3.8) is 0 Å². The van der Waals surface area contributed by atoms with E-state index in [1.807, 2.05) is 13.1 Å². The fraction of sp³-hybridized carbons (Fsp3) is 0.292. The quantitative estimate of drug-likeness (QED) is 0.298. The van der Waals surface area contributed by atoms with Gasteiger partial charge in [0.1, 0.15) is 28.0 Å². The van der Waals surface area contributed by atoms with E-state index in [0.717, 1.165) is 29.6 Å². The standard InChI is InChI=1S/C24H23FN8OS/c1-11-9-35-23(29-11)24(10-26)15-7-33(8-16(15)24)17-6-28-20-19(31-32-21(20)30-17)14-3-2-13-12(18(14)25)4-5-27-22(13)34/h2-6,9,15-16,28H,7-8,10,26H2,1H3,(H,27,34)(H2,30,31,32)/t15-,16+,24?. The summed E-state index contributed by atoms with van der Waals surface area (Å²) in [6.45, 7) is 4.43. The largest absolute Gasteiger partial charge is 0.356 e. The Morgan fingerprint density at radius 2 is 2.09 bits per heavy atom. The van der Waals surface area contributed by atoms with Crippen LogP contribution in [-0.4, -0.2) is 44.7 Å². The van der Waals surface area contributed by atoms with Crippen LogP contribution in [-0.2, 0) is 5.41 Å². The highest BCUT2D eigenvalue weighted by Crippen LogP contribution is 2.64. The van der Waals surface area contributed by atoms with Crippen LogP contribution < -0.4 is 21.9 Å². The van der Waals surface area contributed by atoms with Gasteiger partial charge in [-0.05, 0) is 37.0 Å². The maximum Gasteiger partial charge on any atom is 0.255 e. The predicted octanol–water partition coefficient (Wildman–Crippen LogP) is 2.92. The first-order valence-electron chi connectivity index (χ1n) is 11.5. The van der Waals surface area contributed by atoms with Crippen molar-refractivity contribution < 1.29 is 4.39 Å². The second kappa shape index (κ2) is 7.15. The average molecular weight is 491 g/mol. The van der Waals surface area contributed by atoms with E-state index in [1.165, 1.54) is 6.20 Å². The second-order valence-electron chi connectivity index (χ2n) is 9.47. The van der Waals surface area contributed by atoms with Crippen LogP contribution in [0, 0.1) is 24.6 Å². The molecule has 1 aromatic carbocycles. The zero-order valence-electron chi connectivity index (χ0n) is 18.9. The zero-order chi connectivity index (χ0) is 23.9. The number of nitrogens with zero attached hydrogens (tertiary/aromatic N) is 3. The van der Waals surface area contributed by atoms with Gasteiger partial charge in [-0.2, -0.15) is 5.10 Å². The van der Waals surface area contributed by atoms with Crippen molar-refractivity contribution in [3.05, 3.63) is 68.7 Å². The molecule has 2 fully saturated rings. The van der Waals surface area contributed by atoms with E-state index in [-0.39, 0.29) is 16.4 Å². The summed E-state index contributed by atoms with van der Waals surface area (Å²) in [5.74, 6) is 2.09. The van der Waals surface area contributed by atoms with E-state index in [0.29, 0.717) is 46.5 Å². The molecule has 1 unspecified atom stereocenters. The summed E-state index contributed by atoms with van der Waals surface area (Å²) in [6, 6.07) is 4.77. The van der Waals surface area contributed by atoms with Gasteiger partial charge in [-0.25, -0.2) is 9.37 Å². The van der Waals surface area contributed by atoms with E-state index >= 15 is 4.39 Å². The van der Waals surface area contributed by atoms with Gasteiger partial charge in [0.05, 0.1) is 0 Å². The maximum absolute atomic E-state index is 15.3. The van der Waals surface area contributed by atoms with Crippen LogP contribution in [0.2, 0.25) is 0 Å². The van der Waals surface area contributed by atoms with Crippen molar-refractivity contribution in [2.75, 3.05) is 30.3 Å². The van der Waals surface area contributed by atoms with Crippen molar-refractivity contribution in [1.82, 2.24) is 25.1 Å². The number of benzene rings is 1. The van der Waals surface area contributed by atoms with Crippen LogP contribution >= 0.6 is 11.3 Å². The van der Waals surface area contributed by atoms with Crippen LogP contribution in [0.3, 0.4) is 0 Å². The third-order valence-electron chi connectivity index (χ3n) is 7.75. The maximum atomic E-state index is 15.3. The molecular formula is C24H23FN8OS. The lowest BCUT2D eigenvalue weighted by Gasteiger charge is -2.30. The Balaban J connectivity index is 1.13. The number of hydrogen-bond acceptors (Lipinski definition) is 8. The molecule has 1 saturated heterocycles. The number of pyridine rings is 1. The molecule has 11 heteroatoms. The summed E-state index contributed by atoms with van der Waals surface area (Å²) in [6.07, 6.45) is 3.34. The number of anilines is 2. The molecule has 3 aliphatic rings. The minimum atomic E-state index is -0.477. The number of nitrogens with one attached hydrogen (secondary N) is 4. The molecule has 5 heterocycles. The van der Waals surface area contributed by atoms with E-state index in [2.05, 4.69) is 36.1 Å². The Morgan fingerprint density at radius 3 is 2.83 bits per heavy atom. The first-order chi connectivity index (χ1) is 17.0. The van der Waals surface area contributed by atoms with Gasteiger partial charge in [0, 0.05) is 64.9 Å². The van der Waals surface area contributed by atoms with Crippen molar-refractivity contribution >= 4 is 33.6 Å². The number of H-pyrrole nitrogens is 2.